The van der Waals surface area contributed by atoms with Crippen molar-refractivity contribution in [2.75, 3.05) is 18.9 Å². The van der Waals surface area contributed by atoms with E-state index in [4.69, 9.17) is 9.47 Å². The van der Waals surface area contributed by atoms with Crippen molar-refractivity contribution in [1.29, 1.82) is 0 Å². The number of pyridine rings is 1. The molecule has 0 aliphatic rings. The molecule has 0 saturated carbocycles. The maximum Gasteiger partial charge on any atom is 0.265 e. The first-order valence-electron chi connectivity index (χ1n) is 8.79. The molecule has 7 nitrogen and oxygen atoms in total. The van der Waals surface area contributed by atoms with Gasteiger partial charge in [0.05, 0.1) is 19.9 Å². The van der Waals surface area contributed by atoms with Crippen LogP contribution in [0.15, 0.2) is 78.0 Å². The quantitative estimate of drug-likeness (QED) is 0.524. The Hall–Kier alpha value is -3.52. The van der Waals surface area contributed by atoms with Crippen LogP contribution in [0.5, 0.6) is 11.5 Å². The predicted octanol–water partition coefficient (Wildman–Crippen LogP) is 3.82. The van der Waals surface area contributed by atoms with Gasteiger partial charge in [0.1, 0.15) is 22.0 Å². The molecule has 2 heterocycles. The van der Waals surface area contributed by atoms with Crippen molar-refractivity contribution < 1.29 is 17.9 Å². The summed E-state index contributed by atoms with van der Waals surface area (Å²) in [7, 11) is -0.964. The molecule has 29 heavy (non-hydrogen) atoms. The van der Waals surface area contributed by atoms with E-state index in [0.29, 0.717) is 11.4 Å². The summed E-state index contributed by atoms with van der Waals surface area (Å²) in [5.41, 5.74) is 2.97. The van der Waals surface area contributed by atoms with Gasteiger partial charge >= 0.3 is 0 Å². The van der Waals surface area contributed by atoms with Gasteiger partial charge in [-0.3, -0.25) is 4.72 Å². The summed E-state index contributed by atoms with van der Waals surface area (Å²) in [4.78, 5) is 4.57. The highest BCUT2D eigenvalue weighted by atomic mass is 32.2. The number of anilines is 1. The fourth-order valence-corrected chi connectivity index (χ4v) is 4.23. The Kier molecular flexibility index (Phi) is 4.85. The lowest BCUT2D eigenvalue weighted by atomic mass is 10.1. The molecule has 2 aromatic heterocycles. The first-order valence-corrected chi connectivity index (χ1v) is 10.3. The lowest BCUT2D eigenvalue weighted by Crippen LogP contribution is -2.14. The van der Waals surface area contributed by atoms with E-state index >= 15 is 0 Å². The normalized spacial score (nSPS) is 11.4. The van der Waals surface area contributed by atoms with E-state index in [9.17, 15) is 8.42 Å². The van der Waals surface area contributed by atoms with E-state index < -0.39 is 10.0 Å². The molecule has 0 spiro atoms. The Bertz CT molecular complexity index is 1230. The van der Waals surface area contributed by atoms with Crippen LogP contribution in [0, 0.1) is 0 Å². The van der Waals surface area contributed by atoms with E-state index in [-0.39, 0.29) is 10.6 Å². The van der Waals surface area contributed by atoms with Crippen molar-refractivity contribution in [2.24, 2.45) is 0 Å². The van der Waals surface area contributed by atoms with Gasteiger partial charge in [-0.2, -0.15) is 0 Å². The molecule has 0 aliphatic heterocycles. The maximum absolute atomic E-state index is 12.9. The molecular formula is C21H19N3O4S. The topological polar surface area (TPSA) is 81.9 Å². The van der Waals surface area contributed by atoms with Crippen LogP contribution < -0.4 is 14.2 Å². The van der Waals surface area contributed by atoms with Crippen molar-refractivity contribution in [3.05, 3.63) is 73.1 Å². The third kappa shape index (κ3) is 3.74. The van der Waals surface area contributed by atoms with E-state index in [2.05, 4.69) is 9.71 Å². The molecule has 8 heteroatoms. The average Bonchev–Trinajstić information content (AvgIpc) is 3.17. The highest BCUT2D eigenvalue weighted by Crippen LogP contribution is 2.30. The number of nitrogens with zero attached hydrogens (tertiary/aromatic N) is 2. The number of fused-ring (bicyclic) bond motifs is 1. The molecule has 0 saturated heterocycles. The molecule has 0 unspecified atom stereocenters. The highest BCUT2D eigenvalue weighted by molar-refractivity contribution is 7.92. The molecule has 0 aliphatic carbocycles. The zero-order valence-electron chi connectivity index (χ0n) is 15.9. The van der Waals surface area contributed by atoms with Gasteiger partial charge in [0.15, 0.2) is 0 Å². The number of aromatic nitrogens is 2. The first-order chi connectivity index (χ1) is 14.0. The van der Waals surface area contributed by atoms with Crippen LogP contribution in [-0.4, -0.2) is 32.0 Å². The SMILES string of the molecule is COc1ccc(OC)c(S(=O)(=O)Nc2ccc(-c3cn4ccccc4n3)cc2)c1. The van der Waals surface area contributed by atoms with E-state index in [1.807, 2.05) is 47.1 Å². The van der Waals surface area contributed by atoms with Gasteiger partial charge in [-0.15, -0.1) is 0 Å². The third-order valence-electron chi connectivity index (χ3n) is 4.46. The zero-order valence-corrected chi connectivity index (χ0v) is 16.7. The van der Waals surface area contributed by atoms with Crippen molar-refractivity contribution in [1.82, 2.24) is 9.38 Å². The van der Waals surface area contributed by atoms with E-state index in [0.717, 1.165) is 16.9 Å². The number of ether oxygens (including phenoxy) is 2. The van der Waals surface area contributed by atoms with Gasteiger partial charge < -0.3 is 13.9 Å². The van der Waals surface area contributed by atoms with Crippen molar-refractivity contribution in [2.45, 2.75) is 4.90 Å². The summed E-state index contributed by atoms with van der Waals surface area (Å²) in [6.45, 7) is 0. The number of nitrogens with one attached hydrogen (secondary N) is 1. The standard InChI is InChI=1S/C21H19N3O4S/c1-27-17-10-11-19(28-2)20(13-17)29(25,26)23-16-8-6-15(7-9-16)18-14-24-12-4-3-5-21(24)22-18/h3-14,23H,1-2H3. The Morgan fingerprint density at radius 2 is 1.76 bits per heavy atom. The van der Waals surface area contributed by atoms with E-state index in [1.165, 1.54) is 20.3 Å². The van der Waals surface area contributed by atoms with Gasteiger partial charge in [0.2, 0.25) is 0 Å². The minimum atomic E-state index is -3.86. The molecule has 0 radical (unpaired) electrons. The Balaban J connectivity index is 1.61. The maximum atomic E-state index is 12.9. The van der Waals surface area contributed by atoms with Crippen LogP contribution in [0.25, 0.3) is 16.9 Å². The van der Waals surface area contributed by atoms with Crippen LogP contribution >= 0.6 is 0 Å². The van der Waals surface area contributed by atoms with Gasteiger partial charge in [0.25, 0.3) is 10.0 Å². The first kappa shape index (κ1) is 18.8. The Morgan fingerprint density at radius 1 is 0.966 bits per heavy atom. The van der Waals surface area contributed by atoms with E-state index in [1.54, 1.807) is 24.3 Å². The number of rotatable bonds is 6. The second-order valence-corrected chi connectivity index (χ2v) is 7.94. The molecule has 4 aromatic rings. The average molecular weight is 409 g/mol. The van der Waals surface area contributed by atoms with Crippen LogP contribution in [0.4, 0.5) is 5.69 Å². The van der Waals surface area contributed by atoms with Crippen LogP contribution in [0.1, 0.15) is 0 Å². The molecule has 148 valence electrons. The van der Waals surface area contributed by atoms with Crippen LogP contribution in [-0.2, 0) is 10.0 Å². The minimum Gasteiger partial charge on any atom is -0.497 e. The summed E-state index contributed by atoms with van der Waals surface area (Å²) >= 11 is 0. The summed E-state index contributed by atoms with van der Waals surface area (Å²) in [6.07, 6.45) is 3.85. The fourth-order valence-electron chi connectivity index (χ4n) is 2.99. The number of benzene rings is 2. The monoisotopic (exact) mass is 409 g/mol. The summed E-state index contributed by atoms with van der Waals surface area (Å²) in [5, 5.41) is 0. The van der Waals surface area contributed by atoms with Gasteiger partial charge in [0, 0.05) is 29.7 Å². The molecule has 4 rings (SSSR count). The highest BCUT2D eigenvalue weighted by Gasteiger charge is 2.21. The lowest BCUT2D eigenvalue weighted by Gasteiger charge is -2.13. The number of methoxy groups -OCH3 is 2. The number of hydrogen-bond donors (Lipinski definition) is 1. The van der Waals surface area contributed by atoms with Gasteiger partial charge in [-0.05, 0) is 36.4 Å². The Morgan fingerprint density at radius 3 is 2.45 bits per heavy atom. The lowest BCUT2D eigenvalue weighted by molar-refractivity contribution is 0.392. The molecule has 0 atom stereocenters. The largest absolute Gasteiger partial charge is 0.497 e. The van der Waals surface area contributed by atoms with Crippen LogP contribution in [0.3, 0.4) is 0 Å². The number of imidazole rings is 1. The second-order valence-electron chi connectivity index (χ2n) is 6.29. The predicted molar refractivity (Wildman–Crippen MR) is 111 cm³/mol. The fraction of sp³-hybridized carbons (Fsp3) is 0.0952. The van der Waals surface area contributed by atoms with Crippen LogP contribution in [0.2, 0.25) is 0 Å². The van der Waals surface area contributed by atoms with Gasteiger partial charge in [-0.25, -0.2) is 13.4 Å². The van der Waals surface area contributed by atoms with Crippen molar-refractivity contribution >= 4 is 21.4 Å². The molecule has 0 amide bonds. The van der Waals surface area contributed by atoms with Crippen molar-refractivity contribution in [3.8, 4) is 22.8 Å². The number of hydrogen-bond acceptors (Lipinski definition) is 5. The zero-order chi connectivity index (χ0) is 20.4. The molecule has 0 fully saturated rings. The third-order valence-corrected chi connectivity index (χ3v) is 5.86. The smallest absolute Gasteiger partial charge is 0.265 e. The summed E-state index contributed by atoms with van der Waals surface area (Å²) in [5.74, 6) is 0.660. The second kappa shape index (κ2) is 7.48. The van der Waals surface area contributed by atoms with Crippen molar-refractivity contribution in [3.63, 3.8) is 0 Å². The summed E-state index contributed by atoms with van der Waals surface area (Å²) in [6, 6.07) is 17.4. The number of sulfonamides is 1. The molecule has 2 aromatic carbocycles. The minimum absolute atomic E-state index is 0.00350. The molecular weight excluding hydrogens is 390 g/mol. The van der Waals surface area contributed by atoms with Gasteiger partial charge in [-0.1, -0.05) is 18.2 Å². The molecule has 0 bridgehead atoms. The molecule has 1 N–H and O–H groups in total. The Labute approximate surface area is 168 Å². The summed E-state index contributed by atoms with van der Waals surface area (Å²) < 4.78 is 40.5.